The molecule has 1 aromatic heterocycles. The van der Waals surface area contributed by atoms with Crippen LogP contribution in [-0.2, 0) is 6.42 Å². The number of nitrogens with zero attached hydrogens (tertiary/aromatic N) is 1. The molecular weight excluding hydrogens is 342 g/mol. The molecule has 138 valence electrons. The van der Waals surface area contributed by atoms with E-state index in [1.165, 1.54) is 0 Å². The van der Waals surface area contributed by atoms with Gasteiger partial charge in [0.2, 0.25) is 5.88 Å². The van der Waals surface area contributed by atoms with Crippen molar-refractivity contribution in [2.75, 3.05) is 6.54 Å². The highest BCUT2D eigenvalue weighted by atomic mass is 16.3. The topological polar surface area (TPSA) is 87.1 Å². The second kappa shape index (κ2) is 6.55. The lowest BCUT2D eigenvalue weighted by Crippen LogP contribution is -2.38. The molecule has 4 rings (SSSR count). The van der Waals surface area contributed by atoms with Crippen LogP contribution in [0.15, 0.2) is 52.1 Å². The predicted molar refractivity (Wildman–Crippen MR) is 104 cm³/mol. The number of aromatic hydroxyl groups is 1. The molecule has 0 radical (unpaired) electrons. The number of nitrogens with one attached hydrogen (secondary N) is 2. The Morgan fingerprint density at radius 1 is 1.07 bits per heavy atom. The Labute approximate surface area is 156 Å². The van der Waals surface area contributed by atoms with Crippen LogP contribution in [-0.4, -0.2) is 21.2 Å². The van der Waals surface area contributed by atoms with E-state index >= 15 is 0 Å². The van der Waals surface area contributed by atoms with Gasteiger partial charge in [-0.1, -0.05) is 30.3 Å². The number of hydrogen-bond donors (Lipinski definition) is 3. The molecule has 0 spiro atoms. The van der Waals surface area contributed by atoms with Crippen molar-refractivity contribution in [1.82, 2.24) is 14.9 Å². The third-order valence-corrected chi connectivity index (χ3v) is 5.27. The van der Waals surface area contributed by atoms with Gasteiger partial charge >= 0.3 is 5.69 Å². The highest BCUT2D eigenvalue weighted by Crippen LogP contribution is 2.31. The minimum atomic E-state index is -0.659. The van der Waals surface area contributed by atoms with Gasteiger partial charge in [0.15, 0.2) is 0 Å². The monoisotopic (exact) mass is 363 g/mol. The van der Waals surface area contributed by atoms with Gasteiger partial charge in [-0.05, 0) is 54.7 Å². The van der Waals surface area contributed by atoms with Gasteiger partial charge in [0.25, 0.3) is 5.56 Å². The molecule has 0 amide bonds. The third-order valence-electron chi connectivity index (χ3n) is 5.27. The van der Waals surface area contributed by atoms with Gasteiger partial charge in [0, 0.05) is 6.54 Å². The van der Waals surface area contributed by atoms with Crippen LogP contribution in [0.3, 0.4) is 0 Å². The van der Waals surface area contributed by atoms with Crippen LogP contribution in [0.25, 0.3) is 5.69 Å². The Balaban J connectivity index is 1.95. The molecule has 6 heteroatoms. The summed E-state index contributed by atoms with van der Waals surface area (Å²) < 4.78 is 1.15. The zero-order valence-corrected chi connectivity index (χ0v) is 15.2. The Morgan fingerprint density at radius 3 is 2.63 bits per heavy atom. The molecular formula is C21H21N3O3. The van der Waals surface area contributed by atoms with Crippen LogP contribution in [0.1, 0.15) is 33.9 Å². The van der Waals surface area contributed by atoms with Crippen molar-refractivity contribution < 1.29 is 5.11 Å². The lowest BCUT2D eigenvalue weighted by molar-refractivity contribution is 0.410. The molecule has 0 aliphatic carbocycles. The van der Waals surface area contributed by atoms with E-state index in [0.29, 0.717) is 12.2 Å². The average Bonchev–Trinajstić information content (AvgIpc) is 2.64. The Kier molecular flexibility index (Phi) is 4.20. The summed E-state index contributed by atoms with van der Waals surface area (Å²) in [5, 5.41) is 14.2. The van der Waals surface area contributed by atoms with E-state index in [9.17, 15) is 14.7 Å². The van der Waals surface area contributed by atoms with Crippen LogP contribution in [0.2, 0.25) is 0 Å². The second-order valence-electron chi connectivity index (χ2n) is 6.94. The molecule has 27 heavy (non-hydrogen) atoms. The minimum Gasteiger partial charge on any atom is -0.494 e. The van der Waals surface area contributed by atoms with Gasteiger partial charge < -0.3 is 10.4 Å². The van der Waals surface area contributed by atoms with Gasteiger partial charge in [-0.3, -0.25) is 9.78 Å². The largest absolute Gasteiger partial charge is 0.494 e. The molecule has 6 nitrogen and oxygen atoms in total. The molecule has 1 atom stereocenters. The maximum absolute atomic E-state index is 12.6. The van der Waals surface area contributed by atoms with Gasteiger partial charge in [0.05, 0.1) is 17.3 Å². The van der Waals surface area contributed by atoms with E-state index in [2.05, 4.69) is 10.3 Å². The molecule has 3 N–H and O–H groups in total. The fraction of sp³-hybridized carbons (Fsp3) is 0.238. The quantitative estimate of drug-likeness (QED) is 0.651. The number of H-pyrrole nitrogens is 1. The number of benzene rings is 2. The lowest BCUT2D eigenvalue weighted by atomic mass is 9.90. The molecule has 1 aliphatic heterocycles. The fourth-order valence-corrected chi connectivity index (χ4v) is 3.67. The van der Waals surface area contributed by atoms with Crippen molar-refractivity contribution in [3.63, 3.8) is 0 Å². The molecule has 2 aromatic carbocycles. The normalized spacial score (nSPS) is 16.1. The van der Waals surface area contributed by atoms with Gasteiger partial charge in [0.1, 0.15) is 0 Å². The van der Waals surface area contributed by atoms with Crippen molar-refractivity contribution in [3.05, 3.63) is 91.1 Å². The number of aromatic nitrogens is 2. The van der Waals surface area contributed by atoms with E-state index in [4.69, 9.17) is 0 Å². The number of aryl methyl sites for hydroxylation is 2. The fourth-order valence-electron chi connectivity index (χ4n) is 3.67. The van der Waals surface area contributed by atoms with Crippen molar-refractivity contribution in [2.45, 2.75) is 26.3 Å². The first-order chi connectivity index (χ1) is 13.0. The van der Waals surface area contributed by atoms with Crippen LogP contribution < -0.4 is 16.6 Å². The Morgan fingerprint density at radius 2 is 1.85 bits per heavy atom. The highest BCUT2D eigenvalue weighted by molar-refractivity contribution is 5.47. The molecule has 0 bridgehead atoms. The summed E-state index contributed by atoms with van der Waals surface area (Å²) in [7, 11) is 0. The molecule has 1 aliphatic rings. The first kappa shape index (κ1) is 17.3. The Bertz CT molecular complexity index is 1140. The summed E-state index contributed by atoms with van der Waals surface area (Å²) in [6, 6.07) is 12.8. The molecule has 0 saturated heterocycles. The Hall–Kier alpha value is -3.12. The molecule has 2 heterocycles. The smallest absolute Gasteiger partial charge is 0.335 e. The number of aromatic amines is 1. The van der Waals surface area contributed by atoms with E-state index in [-0.39, 0.29) is 11.4 Å². The summed E-state index contributed by atoms with van der Waals surface area (Å²) in [6.45, 7) is 4.60. The summed E-state index contributed by atoms with van der Waals surface area (Å²) in [6.07, 6.45) is 0.849. The summed E-state index contributed by atoms with van der Waals surface area (Å²) in [4.78, 5) is 27.4. The SMILES string of the molecule is Cc1ccc(-n2c(O)c([C@@H]3NCCc4ccccc43)c(=O)[nH]c2=O)cc1C. The predicted octanol–water partition coefficient (Wildman–Crippen LogP) is 2.08. The minimum absolute atomic E-state index is 0.153. The van der Waals surface area contributed by atoms with E-state index in [0.717, 1.165) is 33.2 Å². The van der Waals surface area contributed by atoms with Crippen molar-refractivity contribution in [1.29, 1.82) is 0 Å². The highest BCUT2D eigenvalue weighted by Gasteiger charge is 2.28. The summed E-state index contributed by atoms with van der Waals surface area (Å²) in [5.41, 5.74) is 3.58. The molecule has 0 unspecified atom stereocenters. The van der Waals surface area contributed by atoms with Crippen molar-refractivity contribution >= 4 is 0 Å². The van der Waals surface area contributed by atoms with Gasteiger partial charge in [-0.25, -0.2) is 9.36 Å². The maximum atomic E-state index is 12.6. The van der Waals surface area contributed by atoms with Gasteiger partial charge in [-0.15, -0.1) is 0 Å². The standard InChI is InChI=1S/C21H21N3O3/c1-12-7-8-15(11-13(12)2)24-20(26)17(19(25)23-21(24)27)18-16-6-4-3-5-14(16)9-10-22-18/h3-8,11,18,22,26H,9-10H2,1-2H3,(H,23,25,27)/t18-/m1/s1. The van der Waals surface area contributed by atoms with Gasteiger partial charge in [-0.2, -0.15) is 0 Å². The van der Waals surface area contributed by atoms with E-state index in [1.807, 2.05) is 50.2 Å². The zero-order valence-electron chi connectivity index (χ0n) is 15.2. The molecule has 0 saturated carbocycles. The number of fused-ring (bicyclic) bond motifs is 1. The number of hydrogen-bond acceptors (Lipinski definition) is 4. The first-order valence-corrected chi connectivity index (χ1v) is 8.94. The van der Waals surface area contributed by atoms with Crippen LogP contribution in [0, 0.1) is 13.8 Å². The van der Waals surface area contributed by atoms with Crippen LogP contribution >= 0.6 is 0 Å². The lowest BCUT2D eigenvalue weighted by Gasteiger charge is -2.27. The average molecular weight is 363 g/mol. The molecule has 0 fully saturated rings. The van der Waals surface area contributed by atoms with Crippen molar-refractivity contribution in [3.8, 4) is 11.6 Å². The summed E-state index contributed by atoms with van der Waals surface area (Å²) >= 11 is 0. The van der Waals surface area contributed by atoms with E-state index < -0.39 is 17.3 Å². The third kappa shape index (κ3) is 2.88. The second-order valence-corrected chi connectivity index (χ2v) is 6.94. The first-order valence-electron chi connectivity index (χ1n) is 8.94. The zero-order chi connectivity index (χ0) is 19.1. The van der Waals surface area contributed by atoms with Crippen LogP contribution in [0.5, 0.6) is 5.88 Å². The molecule has 3 aromatic rings. The van der Waals surface area contributed by atoms with Crippen molar-refractivity contribution in [2.24, 2.45) is 0 Å². The maximum Gasteiger partial charge on any atom is 0.335 e. The summed E-state index contributed by atoms with van der Waals surface area (Å²) in [5.74, 6) is -0.332. The van der Waals surface area contributed by atoms with E-state index in [1.54, 1.807) is 6.07 Å². The number of rotatable bonds is 2. The van der Waals surface area contributed by atoms with Crippen LogP contribution in [0.4, 0.5) is 0 Å².